The molecule has 0 bridgehead atoms. The second-order valence-corrected chi connectivity index (χ2v) is 4.99. The predicted octanol–water partition coefficient (Wildman–Crippen LogP) is 2.46. The standard InChI is InChI=1S/C12H19N3/c1-2-7-11(14-15-12(7)13)10-8-5-3-4-6-9(8)10/h8-10H,2-6H2,1H3,(H3,13,14,15). The number of nitrogens with zero attached hydrogens (tertiary/aromatic N) is 1. The highest BCUT2D eigenvalue weighted by molar-refractivity contribution is 5.45. The molecule has 2 aliphatic rings. The Balaban J connectivity index is 1.88. The number of nitrogens with one attached hydrogen (secondary N) is 1. The Morgan fingerprint density at radius 3 is 2.60 bits per heavy atom. The summed E-state index contributed by atoms with van der Waals surface area (Å²) in [6.07, 6.45) is 6.67. The Morgan fingerprint density at radius 2 is 2.00 bits per heavy atom. The monoisotopic (exact) mass is 205 g/mol. The van der Waals surface area contributed by atoms with Crippen LogP contribution in [-0.2, 0) is 6.42 Å². The minimum atomic E-state index is 0.719. The predicted molar refractivity (Wildman–Crippen MR) is 60.6 cm³/mol. The summed E-state index contributed by atoms with van der Waals surface area (Å²) in [6, 6.07) is 0. The molecule has 3 rings (SSSR count). The van der Waals surface area contributed by atoms with Gasteiger partial charge in [0.15, 0.2) is 0 Å². The maximum Gasteiger partial charge on any atom is 0.148 e. The van der Waals surface area contributed by atoms with Crippen molar-refractivity contribution in [3.05, 3.63) is 11.3 Å². The van der Waals surface area contributed by atoms with Crippen LogP contribution >= 0.6 is 0 Å². The van der Waals surface area contributed by atoms with Crippen LogP contribution in [0.4, 0.5) is 5.82 Å². The number of fused-ring (bicyclic) bond motifs is 1. The van der Waals surface area contributed by atoms with Crippen molar-refractivity contribution in [3.8, 4) is 0 Å². The van der Waals surface area contributed by atoms with Crippen LogP contribution in [0, 0.1) is 11.8 Å². The summed E-state index contributed by atoms with van der Waals surface area (Å²) in [6.45, 7) is 2.16. The summed E-state index contributed by atoms with van der Waals surface area (Å²) in [5, 5.41) is 7.33. The van der Waals surface area contributed by atoms with Crippen LogP contribution in [0.1, 0.15) is 49.8 Å². The zero-order valence-corrected chi connectivity index (χ0v) is 9.29. The molecule has 0 radical (unpaired) electrons. The van der Waals surface area contributed by atoms with Crippen molar-refractivity contribution in [3.63, 3.8) is 0 Å². The summed E-state index contributed by atoms with van der Waals surface area (Å²) in [7, 11) is 0. The summed E-state index contributed by atoms with van der Waals surface area (Å²) < 4.78 is 0. The van der Waals surface area contributed by atoms with Gasteiger partial charge in [-0.15, -0.1) is 0 Å². The van der Waals surface area contributed by atoms with E-state index in [1.54, 1.807) is 0 Å². The fourth-order valence-electron chi connectivity index (χ4n) is 3.46. The molecule has 1 heterocycles. The molecular weight excluding hydrogens is 186 g/mol. The molecule has 0 amide bonds. The molecule has 3 nitrogen and oxygen atoms in total. The van der Waals surface area contributed by atoms with Crippen molar-refractivity contribution in [1.29, 1.82) is 0 Å². The van der Waals surface area contributed by atoms with Crippen LogP contribution in [0.15, 0.2) is 0 Å². The molecule has 1 aromatic rings. The number of aromatic nitrogens is 2. The van der Waals surface area contributed by atoms with Crippen LogP contribution in [0.2, 0.25) is 0 Å². The Morgan fingerprint density at radius 1 is 1.33 bits per heavy atom. The van der Waals surface area contributed by atoms with Crippen LogP contribution in [0.3, 0.4) is 0 Å². The summed E-state index contributed by atoms with van der Waals surface area (Å²) in [4.78, 5) is 0. The molecule has 2 saturated carbocycles. The van der Waals surface area contributed by atoms with Gasteiger partial charge in [-0.2, -0.15) is 5.10 Å². The third-order valence-corrected chi connectivity index (χ3v) is 4.27. The third kappa shape index (κ3) is 1.29. The molecule has 0 spiro atoms. The van der Waals surface area contributed by atoms with E-state index in [0.717, 1.165) is 30.0 Å². The molecule has 2 fully saturated rings. The second kappa shape index (κ2) is 3.26. The molecule has 1 aromatic heterocycles. The first kappa shape index (κ1) is 9.25. The van der Waals surface area contributed by atoms with Crippen molar-refractivity contribution in [2.45, 2.75) is 44.9 Å². The van der Waals surface area contributed by atoms with Crippen LogP contribution in [-0.4, -0.2) is 10.2 Å². The molecule has 3 heteroatoms. The lowest BCUT2D eigenvalue weighted by atomic mass is 10.0. The van der Waals surface area contributed by atoms with E-state index in [4.69, 9.17) is 5.73 Å². The van der Waals surface area contributed by atoms with Crippen molar-refractivity contribution >= 4 is 5.82 Å². The number of rotatable bonds is 2. The van der Waals surface area contributed by atoms with Gasteiger partial charge in [-0.3, -0.25) is 5.10 Å². The van der Waals surface area contributed by atoms with Crippen LogP contribution in [0.5, 0.6) is 0 Å². The zero-order chi connectivity index (χ0) is 10.4. The summed E-state index contributed by atoms with van der Waals surface area (Å²) in [5.74, 6) is 3.34. The quantitative estimate of drug-likeness (QED) is 0.779. The molecule has 0 aromatic carbocycles. The highest BCUT2D eigenvalue weighted by atomic mass is 15.2. The Hall–Kier alpha value is -0.990. The molecule has 0 saturated heterocycles. The van der Waals surface area contributed by atoms with Gasteiger partial charge in [0.25, 0.3) is 0 Å². The van der Waals surface area contributed by atoms with Gasteiger partial charge < -0.3 is 5.73 Å². The van der Waals surface area contributed by atoms with Crippen LogP contribution in [0.25, 0.3) is 0 Å². The number of anilines is 1. The van der Waals surface area contributed by atoms with E-state index in [1.807, 2.05) is 0 Å². The average molecular weight is 205 g/mol. The molecule has 15 heavy (non-hydrogen) atoms. The number of hydrogen-bond donors (Lipinski definition) is 2. The smallest absolute Gasteiger partial charge is 0.148 e. The second-order valence-electron chi connectivity index (χ2n) is 4.99. The lowest BCUT2D eigenvalue weighted by Gasteiger charge is -2.04. The number of aromatic amines is 1. The fraction of sp³-hybridized carbons (Fsp3) is 0.750. The van der Waals surface area contributed by atoms with Gasteiger partial charge in [0.2, 0.25) is 0 Å². The molecule has 0 aliphatic heterocycles. The van der Waals surface area contributed by atoms with E-state index < -0.39 is 0 Å². The minimum Gasteiger partial charge on any atom is -0.382 e. The topological polar surface area (TPSA) is 54.7 Å². The van der Waals surface area contributed by atoms with Gasteiger partial charge in [-0.1, -0.05) is 19.8 Å². The first-order chi connectivity index (χ1) is 7.33. The van der Waals surface area contributed by atoms with E-state index in [9.17, 15) is 0 Å². The van der Waals surface area contributed by atoms with E-state index in [2.05, 4.69) is 17.1 Å². The first-order valence-corrected chi connectivity index (χ1v) is 6.15. The highest BCUT2D eigenvalue weighted by Gasteiger charge is 2.52. The first-order valence-electron chi connectivity index (χ1n) is 6.15. The van der Waals surface area contributed by atoms with Crippen molar-refractivity contribution in [1.82, 2.24) is 10.2 Å². The molecule has 3 N–H and O–H groups in total. The number of nitrogen functional groups attached to an aromatic ring is 1. The molecule has 2 atom stereocenters. The summed E-state index contributed by atoms with van der Waals surface area (Å²) >= 11 is 0. The lowest BCUT2D eigenvalue weighted by molar-refractivity contribution is 0.480. The van der Waals surface area contributed by atoms with Gasteiger partial charge in [-0.25, -0.2) is 0 Å². The maximum atomic E-state index is 5.86. The minimum absolute atomic E-state index is 0.719. The Kier molecular flexibility index (Phi) is 2.01. The SMILES string of the molecule is CCc1c(N)n[nH]c1C1C2CCCCC21. The van der Waals surface area contributed by atoms with Gasteiger partial charge in [0.1, 0.15) is 5.82 Å². The van der Waals surface area contributed by atoms with Crippen LogP contribution < -0.4 is 5.73 Å². The van der Waals surface area contributed by atoms with Gasteiger partial charge in [0.05, 0.1) is 0 Å². The van der Waals surface area contributed by atoms with Crippen molar-refractivity contribution < 1.29 is 0 Å². The normalized spacial score (nSPS) is 33.8. The maximum absolute atomic E-state index is 5.86. The Labute approximate surface area is 90.4 Å². The van der Waals surface area contributed by atoms with E-state index in [0.29, 0.717) is 0 Å². The molecular formula is C12H19N3. The van der Waals surface area contributed by atoms with E-state index in [-0.39, 0.29) is 0 Å². The number of nitrogens with two attached hydrogens (primary N) is 1. The van der Waals surface area contributed by atoms with Crippen molar-refractivity contribution in [2.75, 3.05) is 5.73 Å². The number of H-pyrrole nitrogens is 1. The molecule has 2 unspecified atom stereocenters. The average Bonchev–Trinajstić information content (AvgIpc) is 2.87. The highest BCUT2D eigenvalue weighted by Crippen LogP contribution is 2.61. The molecule has 2 aliphatic carbocycles. The largest absolute Gasteiger partial charge is 0.382 e. The fourth-order valence-corrected chi connectivity index (χ4v) is 3.46. The van der Waals surface area contributed by atoms with Gasteiger partial charge in [0, 0.05) is 17.2 Å². The van der Waals surface area contributed by atoms with E-state index in [1.165, 1.54) is 36.9 Å². The third-order valence-electron chi connectivity index (χ3n) is 4.27. The van der Waals surface area contributed by atoms with E-state index >= 15 is 0 Å². The zero-order valence-electron chi connectivity index (χ0n) is 9.29. The Bertz CT molecular complexity index is 357. The van der Waals surface area contributed by atoms with Gasteiger partial charge in [-0.05, 0) is 31.1 Å². The van der Waals surface area contributed by atoms with Crippen molar-refractivity contribution in [2.24, 2.45) is 11.8 Å². The number of hydrogen-bond acceptors (Lipinski definition) is 2. The molecule has 82 valence electrons. The lowest BCUT2D eigenvalue weighted by Crippen LogP contribution is -1.93. The summed E-state index contributed by atoms with van der Waals surface area (Å²) in [5.41, 5.74) is 8.49. The van der Waals surface area contributed by atoms with Gasteiger partial charge >= 0.3 is 0 Å².